The van der Waals surface area contributed by atoms with Crippen LogP contribution in [0, 0.1) is 0 Å². The van der Waals surface area contributed by atoms with E-state index in [9.17, 15) is 9.59 Å². The Hall–Kier alpha value is -2.90. The molecule has 2 aromatic rings. The third-order valence-electron chi connectivity index (χ3n) is 3.73. The van der Waals surface area contributed by atoms with Gasteiger partial charge in [-0.05, 0) is 12.0 Å². The highest BCUT2D eigenvalue weighted by Crippen LogP contribution is 2.25. The first-order valence-corrected chi connectivity index (χ1v) is 7.24. The molecule has 1 atom stereocenters. The summed E-state index contributed by atoms with van der Waals surface area (Å²) in [6, 6.07) is 9.46. The van der Waals surface area contributed by atoms with Crippen molar-refractivity contribution in [3.05, 3.63) is 47.5 Å². The van der Waals surface area contributed by atoms with Crippen LogP contribution in [0.1, 0.15) is 34.3 Å². The van der Waals surface area contributed by atoms with E-state index >= 15 is 0 Å². The van der Waals surface area contributed by atoms with Gasteiger partial charge in [0.25, 0.3) is 5.82 Å². The van der Waals surface area contributed by atoms with Crippen molar-refractivity contribution in [2.45, 2.75) is 18.9 Å². The van der Waals surface area contributed by atoms with E-state index in [-0.39, 0.29) is 24.4 Å². The number of benzene rings is 1. The highest BCUT2D eigenvalue weighted by atomic mass is 16.6. The van der Waals surface area contributed by atoms with E-state index < -0.39 is 5.97 Å². The minimum absolute atomic E-state index is 0.0557. The highest BCUT2D eigenvalue weighted by molar-refractivity contribution is 5.82. The van der Waals surface area contributed by atoms with Crippen molar-refractivity contribution in [3.8, 4) is 0 Å². The van der Waals surface area contributed by atoms with Gasteiger partial charge in [-0.15, -0.1) is 5.10 Å². The van der Waals surface area contributed by atoms with Crippen LogP contribution < -0.4 is 0 Å². The number of nitrogens with one attached hydrogen (secondary N) is 1. The number of aromatic nitrogens is 3. The molecule has 0 aliphatic carbocycles. The van der Waals surface area contributed by atoms with Gasteiger partial charge in [-0.2, -0.15) is 0 Å². The fourth-order valence-electron chi connectivity index (χ4n) is 2.51. The Balaban J connectivity index is 1.54. The number of carboxylic acids is 1. The van der Waals surface area contributed by atoms with Gasteiger partial charge in [-0.3, -0.25) is 5.10 Å². The maximum Gasteiger partial charge on any atom is 0.410 e. The molecule has 0 radical (unpaired) electrons. The van der Waals surface area contributed by atoms with E-state index in [0.29, 0.717) is 25.3 Å². The second-order valence-electron chi connectivity index (χ2n) is 5.32. The summed E-state index contributed by atoms with van der Waals surface area (Å²) >= 11 is 0. The SMILES string of the molecule is O=C(O)c1n[nH]c(C2CCN(C(=O)OCc3ccccc3)C2)n1. The summed E-state index contributed by atoms with van der Waals surface area (Å²) in [5.74, 6) is -1.00. The van der Waals surface area contributed by atoms with Crippen LogP contribution in [0.15, 0.2) is 30.3 Å². The second-order valence-corrected chi connectivity index (χ2v) is 5.32. The maximum atomic E-state index is 12.1. The summed E-state index contributed by atoms with van der Waals surface area (Å²) < 4.78 is 5.29. The van der Waals surface area contributed by atoms with Gasteiger partial charge in [0.1, 0.15) is 12.4 Å². The minimum atomic E-state index is -1.18. The van der Waals surface area contributed by atoms with E-state index in [2.05, 4.69) is 15.2 Å². The smallest absolute Gasteiger partial charge is 0.410 e. The number of hydrogen-bond acceptors (Lipinski definition) is 5. The molecular formula is C15H16N4O4. The molecule has 120 valence electrons. The molecule has 1 saturated heterocycles. The van der Waals surface area contributed by atoms with Crippen LogP contribution in [-0.2, 0) is 11.3 Å². The summed E-state index contributed by atoms with van der Waals surface area (Å²) in [6.45, 7) is 1.20. The van der Waals surface area contributed by atoms with Crippen molar-refractivity contribution in [2.75, 3.05) is 13.1 Å². The lowest BCUT2D eigenvalue weighted by molar-refractivity contribution is 0.0683. The number of rotatable bonds is 4. The average molecular weight is 316 g/mol. The van der Waals surface area contributed by atoms with Crippen molar-refractivity contribution in [3.63, 3.8) is 0 Å². The molecule has 3 rings (SSSR count). The number of carbonyl (C=O) groups excluding carboxylic acids is 1. The molecule has 1 aliphatic rings. The minimum Gasteiger partial charge on any atom is -0.475 e. The van der Waals surface area contributed by atoms with Gasteiger partial charge in [0.05, 0.1) is 0 Å². The van der Waals surface area contributed by atoms with E-state index in [1.54, 1.807) is 4.90 Å². The van der Waals surface area contributed by atoms with Crippen LogP contribution in [0.25, 0.3) is 0 Å². The summed E-state index contributed by atoms with van der Waals surface area (Å²) in [6.07, 6.45) is 0.309. The molecule has 8 heteroatoms. The molecule has 23 heavy (non-hydrogen) atoms. The topological polar surface area (TPSA) is 108 Å². The average Bonchev–Trinajstić information content (AvgIpc) is 3.22. The maximum absolute atomic E-state index is 12.1. The molecule has 1 aromatic heterocycles. The Morgan fingerprint density at radius 3 is 2.83 bits per heavy atom. The fraction of sp³-hybridized carbons (Fsp3) is 0.333. The quantitative estimate of drug-likeness (QED) is 0.887. The van der Waals surface area contributed by atoms with Crippen molar-refractivity contribution in [1.82, 2.24) is 20.1 Å². The zero-order valence-corrected chi connectivity index (χ0v) is 12.3. The van der Waals surface area contributed by atoms with Gasteiger partial charge in [0.15, 0.2) is 0 Å². The summed E-state index contributed by atoms with van der Waals surface area (Å²) in [4.78, 5) is 28.4. The molecule has 1 amide bonds. The Morgan fingerprint density at radius 2 is 2.13 bits per heavy atom. The Labute approximate surface area is 132 Å². The molecule has 1 fully saturated rings. The van der Waals surface area contributed by atoms with E-state index in [1.807, 2.05) is 30.3 Å². The zero-order chi connectivity index (χ0) is 16.2. The van der Waals surface area contributed by atoms with Gasteiger partial charge < -0.3 is 14.7 Å². The fourth-order valence-corrected chi connectivity index (χ4v) is 2.51. The van der Waals surface area contributed by atoms with Crippen LogP contribution in [-0.4, -0.2) is 50.3 Å². The molecule has 0 bridgehead atoms. The molecule has 8 nitrogen and oxygen atoms in total. The lowest BCUT2D eigenvalue weighted by Gasteiger charge is -2.15. The van der Waals surface area contributed by atoms with Crippen molar-refractivity contribution < 1.29 is 19.4 Å². The van der Waals surface area contributed by atoms with Crippen LogP contribution in [0.4, 0.5) is 4.79 Å². The van der Waals surface area contributed by atoms with E-state index in [0.717, 1.165) is 5.56 Å². The lowest BCUT2D eigenvalue weighted by Crippen LogP contribution is -2.29. The number of nitrogens with zero attached hydrogens (tertiary/aromatic N) is 3. The number of ether oxygens (including phenoxy) is 1. The normalized spacial score (nSPS) is 17.2. The monoisotopic (exact) mass is 316 g/mol. The van der Waals surface area contributed by atoms with Crippen molar-refractivity contribution >= 4 is 12.1 Å². The molecule has 0 saturated carbocycles. The van der Waals surface area contributed by atoms with Gasteiger partial charge in [0.2, 0.25) is 0 Å². The van der Waals surface area contributed by atoms with E-state index in [4.69, 9.17) is 9.84 Å². The van der Waals surface area contributed by atoms with Gasteiger partial charge in [-0.1, -0.05) is 30.3 Å². The Morgan fingerprint density at radius 1 is 1.35 bits per heavy atom. The second kappa shape index (κ2) is 6.47. The number of hydrogen-bond donors (Lipinski definition) is 2. The summed E-state index contributed by atoms with van der Waals surface area (Å²) in [5.41, 5.74) is 0.929. The number of carboxylic acid groups (broad SMARTS) is 1. The molecule has 0 spiro atoms. The van der Waals surface area contributed by atoms with Gasteiger partial charge in [0, 0.05) is 19.0 Å². The number of aromatic carboxylic acids is 1. The van der Waals surface area contributed by atoms with Crippen LogP contribution in [0.3, 0.4) is 0 Å². The third kappa shape index (κ3) is 3.47. The first kappa shape index (κ1) is 15.0. The van der Waals surface area contributed by atoms with Gasteiger partial charge in [-0.25, -0.2) is 14.6 Å². The largest absolute Gasteiger partial charge is 0.475 e. The predicted molar refractivity (Wildman–Crippen MR) is 78.9 cm³/mol. The van der Waals surface area contributed by atoms with Gasteiger partial charge >= 0.3 is 12.1 Å². The number of amides is 1. The number of H-pyrrole nitrogens is 1. The predicted octanol–water partition coefficient (Wildman–Crippen LogP) is 1.63. The molecule has 1 aromatic carbocycles. The standard InChI is InChI=1S/C15H16N4O4/c20-14(21)13-16-12(17-18-13)11-6-7-19(8-11)15(22)23-9-10-4-2-1-3-5-10/h1-5,11H,6-9H2,(H,20,21)(H,16,17,18). The molecule has 2 heterocycles. The molecule has 1 unspecified atom stereocenters. The van der Waals surface area contributed by atoms with Crippen LogP contribution in [0.2, 0.25) is 0 Å². The van der Waals surface area contributed by atoms with E-state index in [1.165, 1.54) is 0 Å². The summed E-state index contributed by atoms with van der Waals surface area (Å²) in [7, 11) is 0. The Kier molecular flexibility index (Phi) is 4.22. The third-order valence-corrected chi connectivity index (χ3v) is 3.73. The zero-order valence-electron chi connectivity index (χ0n) is 12.3. The number of aromatic amines is 1. The molecule has 1 aliphatic heterocycles. The number of likely N-dealkylation sites (tertiary alicyclic amines) is 1. The van der Waals surface area contributed by atoms with Crippen molar-refractivity contribution in [1.29, 1.82) is 0 Å². The first-order chi connectivity index (χ1) is 11.1. The highest BCUT2D eigenvalue weighted by Gasteiger charge is 2.30. The molecular weight excluding hydrogens is 300 g/mol. The van der Waals surface area contributed by atoms with Crippen molar-refractivity contribution in [2.24, 2.45) is 0 Å². The number of carbonyl (C=O) groups is 2. The van der Waals surface area contributed by atoms with Crippen LogP contribution in [0.5, 0.6) is 0 Å². The lowest BCUT2D eigenvalue weighted by atomic mass is 10.1. The van der Waals surface area contributed by atoms with Crippen LogP contribution >= 0.6 is 0 Å². The summed E-state index contributed by atoms with van der Waals surface area (Å²) in [5, 5.41) is 15.1. The first-order valence-electron chi connectivity index (χ1n) is 7.24. The molecule has 2 N–H and O–H groups in total. The Bertz CT molecular complexity index is 701.